The third kappa shape index (κ3) is 7.80. The standard InChI is InChI=1S/C27H39N7O10S/c1-4-6-22-25-23(31(3)30-22)18-28-26(29-25)21-17-20(7-8-24(21)42-5-2)45(40,41)32-13-9-19(10-14-32)27(35,11-15-43-33(36)37)12-16-44-34(38)39/h7-8,17,19,35H,4-6,9-16,18H2,1-3H3,(H,28,29). The third-order valence-corrected chi connectivity index (χ3v) is 10.1. The van der Waals surface area contributed by atoms with E-state index in [2.05, 4.69) is 27.0 Å². The van der Waals surface area contributed by atoms with Gasteiger partial charge in [0, 0.05) is 33.0 Å². The Labute approximate surface area is 260 Å². The maximum absolute atomic E-state index is 13.8. The lowest BCUT2D eigenvalue weighted by molar-refractivity contribution is -0.759. The van der Waals surface area contributed by atoms with Crippen LogP contribution in [0.1, 0.15) is 62.9 Å². The number of rotatable bonds is 16. The number of aryl methyl sites for hydroxylation is 2. The topological polar surface area (TPSA) is 214 Å². The van der Waals surface area contributed by atoms with Crippen LogP contribution in [0.25, 0.3) is 0 Å². The fraction of sp³-hybridized carbons (Fsp3) is 0.630. The minimum absolute atomic E-state index is 0.0451. The van der Waals surface area contributed by atoms with E-state index < -0.39 is 44.9 Å². The molecule has 0 unspecified atom stereocenters. The fourth-order valence-corrected chi connectivity index (χ4v) is 7.36. The molecule has 1 aromatic carbocycles. The molecule has 17 nitrogen and oxygen atoms in total. The number of fused-ring (bicyclic) bond motifs is 1. The molecular formula is C27H39N7O10S. The molecule has 2 aliphatic heterocycles. The molecule has 18 heteroatoms. The van der Waals surface area contributed by atoms with Crippen LogP contribution in [0.3, 0.4) is 0 Å². The summed E-state index contributed by atoms with van der Waals surface area (Å²) in [6.07, 6.45) is 1.73. The minimum Gasteiger partial charge on any atom is -0.493 e. The molecule has 1 fully saturated rings. The van der Waals surface area contributed by atoms with Gasteiger partial charge in [-0.05, 0) is 50.3 Å². The van der Waals surface area contributed by atoms with Crippen molar-refractivity contribution in [1.82, 2.24) is 19.4 Å². The Hall–Kier alpha value is -4.03. The van der Waals surface area contributed by atoms with Gasteiger partial charge in [-0.15, -0.1) is 20.2 Å². The number of hydrogen-bond donors (Lipinski definition) is 2. The van der Waals surface area contributed by atoms with Crippen molar-refractivity contribution in [2.24, 2.45) is 18.0 Å². The SMILES string of the molecule is CCCc1nn(C)c2c1N=C(c1cc(S(=O)(=O)N3CCC(C(O)(CCO[N+](=O)[O-])CCO[N+](=O)[O-])CC3)ccc1OCC)NC2. The number of aliphatic hydroxyl groups is 1. The van der Waals surface area contributed by atoms with Crippen LogP contribution in [0.4, 0.5) is 5.69 Å². The van der Waals surface area contributed by atoms with Gasteiger partial charge in [-0.25, -0.2) is 13.4 Å². The van der Waals surface area contributed by atoms with Crippen LogP contribution in [-0.4, -0.2) is 82.1 Å². The highest BCUT2D eigenvalue weighted by Gasteiger charge is 2.41. The second-order valence-electron chi connectivity index (χ2n) is 10.9. The van der Waals surface area contributed by atoms with Crippen molar-refractivity contribution < 1.29 is 38.1 Å². The first-order chi connectivity index (χ1) is 21.4. The minimum atomic E-state index is -3.98. The van der Waals surface area contributed by atoms with Crippen LogP contribution >= 0.6 is 0 Å². The van der Waals surface area contributed by atoms with Gasteiger partial charge in [0.2, 0.25) is 10.0 Å². The number of benzene rings is 1. The molecule has 2 aliphatic rings. The summed E-state index contributed by atoms with van der Waals surface area (Å²) in [6.45, 7) is 3.99. The van der Waals surface area contributed by atoms with E-state index in [4.69, 9.17) is 9.73 Å². The zero-order valence-electron chi connectivity index (χ0n) is 25.5. The van der Waals surface area contributed by atoms with Crippen LogP contribution < -0.4 is 10.1 Å². The van der Waals surface area contributed by atoms with E-state index in [1.165, 1.54) is 10.4 Å². The summed E-state index contributed by atoms with van der Waals surface area (Å²) < 4.78 is 36.6. The molecule has 0 saturated carbocycles. The van der Waals surface area contributed by atoms with E-state index in [1.807, 2.05) is 14.0 Å². The summed E-state index contributed by atoms with van der Waals surface area (Å²) in [6, 6.07) is 4.63. The molecule has 248 valence electrons. The van der Waals surface area contributed by atoms with Crippen LogP contribution in [-0.2, 0) is 39.7 Å². The van der Waals surface area contributed by atoms with Crippen LogP contribution in [0.15, 0.2) is 28.1 Å². The van der Waals surface area contributed by atoms with Crippen molar-refractivity contribution in [3.8, 4) is 5.75 Å². The van der Waals surface area contributed by atoms with Crippen molar-refractivity contribution in [2.75, 3.05) is 32.9 Å². The molecular weight excluding hydrogens is 614 g/mol. The van der Waals surface area contributed by atoms with Gasteiger partial charge < -0.3 is 24.8 Å². The molecule has 0 bridgehead atoms. The molecule has 0 aliphatic carbocycles. The second kappa shape index (κ2) is 14.4. The number of piperidine rings is 1. The van der Waals surface area contributed by atoms with Gasteiger partial charge in [0.15, 0.2) is 0 Å². The number of sulfonamides is 1. The van der Waals surface area contributed by atoms with E-state index in [-0.39, 0.29) is 43.7 Å². The van der Waals surface area contributed by atoms with Crippen LogP contribution in [0.5, 0.6) is 5.75 Å². The Kier molecular flexibility index (Phi) is 10.8. The molecule has 1 saturated heterocycles. The van der Waals surface area contributed by atoms with Gasteiger partial charge in [-0.2, -0.15) is 9.40 Å². The smallest absolute Gasteiger partial charge is 0.294 e. The largest absolute Gasteiger partial charge is 0.493 e. The lowest BCUT2D eigenvalue weighted by Gasteiger charge is -2.41. The molecule has 45 heavy (non-hydrogen) atoms. The average Bonchev–Trinajstić information content (AvgIpc) is 3.31. The van der Waals surface area contributed by atoms with E-state index in [0.717, 1.165) is 29.9 Å². The monoisotopic (exact) mass is 653 g/mol. The average molecular weight is 654 g/mol. The van der Waals surface area contributed by atoms with E-state index in [0.29, 0.717) is 30.3 Å². The summed E-state index contributed by atoms with van der Waals surface area (Å²) in [4.78, 5) is 34.9. The summed E-state index contributed by atoms with van der Waals surface area (Å²) in [5, 5.41) is 38.5. The van der Waals surface area contributed by atoms with E-state index in [1.54, 1.807) is 16.8 Å². The van der Waals surface area contributed by atoms with Gasteiger partial charge in [0.25, 0.3) is 10.2 Å². The zero-order chi connectivity index (χ0) is 32.8. The lowest BCUT2D eigenvalue weighted by Crippen LogP contribution is -2.48. The molecule has 3 heterocycles. The number of nitrogens with zero attached hydrogens (tertiary/aromatic N) is 6. The predicted molar refractivity (Wildman–Crippen MR) is 159 cm³/mol. The third-order valence-electron chi connectivity index (χ3n) is 8.16. The summed E-state index contributed by atoms with van der Waals surface area (Å²) >= 11 is 0. The number of aromatic nitrogens is 2. The van der Waals surface area contributed by atoms with Crippen molar-refractivity contribution in [3.63, 3.8) is 0 Å². The normalized spacial score (nSPS) is 16.0. The highest BCUT2D eigenvalue weighted by Crippen LogP contribution is 2.37. The van der Waals surface area contributed by atoms with Crippen molar-refractivity contribution in [1.29, 1.82) is 0 Å². The Bertz CT molecular complexity index is 1500. The molecule has 2 N–H and O–H groups in total. The van der Waals surface area contributed by atoms with E-state index in [9.17, 15) is 33.8 Å². The first kappa shape index (κ1) is 33.9. The quantitative estimate of drug-likeness (QED) is 0.197. The number of aliphatic imine (C=N–C) groups is 1. The van der Waals surface area contributed by atoms with Gasteiger partial charge in [0.05, 0.1) is 53.8 Å². The van der Waals surface area contributed by atoms with Crippen LogP contribution in [0, 0.1) is 26.1 Å². The summed E-state index contributed by atoms with van der Waals surface area (Å²) in [7, 11) is -2.12. The number of amidine groups is 1. The van der Waals surface area contributed by atoms with Crippen molar-refractivity contribution in [2.45, 2.75) is 69.4 Å². The lowest BCUT2D eigenvalue weighted by atomic mass is 9.77. The molecule has 2 aromatic rings. The fourth-order valence-electron chi connectivity index (χ4n) is 5.86. The van der Waals surface area contributed by atoms with Crippen molar-refractivity contribution >= 4 is 21.5 Å². The molecule has 4 rings (SSSR count). The predicted octanol–water partition coefficient (Wildman–Crippen LogP) is 2.28. The number of hydrogen-bond acceptors (Lipinski definition) is 13. The zero-order valence-corrected chi connectivity index (χ0v) is 26.3. The van der Waals surface area contributed by atoms with Gasteiger partial charge >= 0.3 is 0 Å². The maximum atomic E-state index is 13.8. The number of ether oxygens (including phenoxy) is 1. The molecule has 0 radical (unpaired) electrons. The highest BCUT2D eigenvalue weighted by atomic mass is 32.2. The summed E-state index contributed by atoms with van der Waals surface area (Å²) in [5.74, 6) is 0.452. The van der Waals surface area contributed by atoms with Crippen molar-refractivity contribution in [3.05, 3.63) is 55.4 Å². The highest BCUT2D eigenvalue weighted by molar-refractivity contribution is 7.89. The number of nitrogens with one attached hydrogen (secondary N) is 1. The molecule has 0 spiro atoms. The molecule has 0 atom stereocenters. The first-order valence-corrected chi connectivity index (χ1v) is 16.2. The van der Waals surface area contributed by atoms with Gasteiger partial charge in [-0.1, -0.05) is 13.3 Å². The van der Waals surface area contributed by atoms with E-state index >= 15 is 0 Å². The molecule has 0 amide bonds. The Morgan fingerprint density at radius 1 is 1.11 bits per heavy atom. The van der Waals surface area contributed by atoms with Gasteiger partial charge in [0.1, 0.15) is 17.3 Å². The maximum Gasteiger partial charge on any atom is 0.294 e. The Balaban J connectivity index is 1.56. The van der Waals surface area contributed by atoms with Gasteiger partial charge in [-0.3, -0.25) is 4.68 Å². The summed E-state index contributed by atoms with van der Waals surface area (Å²) in [5.41, 5.74) is 1.47. The first-order valence-electron chi connectivity index (χ1n) is 14.8. The Morgan fingerprint density at radius 2 is 1.76 bits per heavy atom. The second-order valence-corrected chi connectivity index (χ2v) is 12.9. The molecule has 1 aromatic heterocycles. The van der Waals surface area contributed by atoms with Crippen LogP contribution in [0.2, 0.25) is 0 Å². The Morgan fingerprint density at radius 3 is 2.33 bits per heavy atom.